The summed E-state index contributed by atoms with van der Waals surface area (Å²) in [6.07, 6.45) is 1.81. The highest BCUT2D eigenvalue weighted by Crippen LogP contribution is 2.38. The monoisotopic (exact) mass is 341 g/mol. The third-order valence-corrected chi connectivity index (χ3v) is 4.11. The van der Waals surface area contributed by atoms with E-state index in [0.717, 1.165) is 15.6 Å². The zero-order valence-electron chi connectivity index (χ0n) is 11.3. The molecule has 0 atom stereocenters. The molecular formula is C17H12BrNO2. The number of fused-ring (bicyclic) bond motifs is 1. The van der Waals surface area contributed by atoms with Crippen molar-refractivity contribution in [1.29, 1.82) is 0 Å². The Kier molecular flexibility index (Phi) is 3.47. The van der Waals surface area contributed by atoms with Crippen molar-refractivity contribution in [3.63, 3.8) is 0 Å². The number of hydrogen-bond donors (Lipinski definition) is 0. The molecule has 1 aliphatic rings. The maximum Gasteiger partial charge on any atom is 0.265 e. The lowest BCUT2D eigenvalue weighted by atomic mass is 10.0. The molecule has 0 saturated heterocycles. The van der Waals surface area contributed by atoms with Crippen LogP contribution in [-0.4, -0.2) is 11.8 Å². The molecule has 2 aromatic rings. The molecule has 1 heterocycles. The molecular weight excluding hydrogens is 330 g/mol. The maximum absolute atomic E-state index is 12.5. The van der Waals surface area contributed by atoms with Gasteiger partial charge in [-0.3, -0.25) is 9.59 Å². The van der Waals surface area contributed by atoms with Crippen LogP contribution in [0.25, 0.3) is 11.6 Å². The summed E-state index contributed by atoms with van der Waals surface area (Å²) in [5.41, 5.74) is 2.87. The number of halogens is 1. The maximum atomic E-state index is 12.5. The van der Waals surface area contributed by atoms with Crippen molar-refractivity contribution >= 4 is 45.1 Å². The molecule has 3 rings (SSSR count). The fourth-order valence-corrected chi connectivity index (χ4v) is 2.84. The zero-order chi connectivity index (χ0) is 15.0. The number of benzene rings is 2. The van der Waals surface area contributed by atoms with E-state index >= 15 is 0 Å². The highest BCUT2D eigenvalue weighted by atomic mass is 79.9. The predicted molar refractivity (Wildman–Crippen MR) is 86.6 cm³/mol. The minimum atomic E-state index is -0.278. The summed E-state index contributed by atoms with van der Waals surface area (Å²) in [5.74, 6) is -0.553. The number of carbonyl (C=O) groups is 2. The van der Waals surface area contributed by atoms with E-state index in [4.69, 9.17) is 0 Å². The van der Waals surface area contributed by atoms with Crippen LogP contribution in [-0.2, 0) is 9.59 Å². The van der Waals surface area contributed by atoms with Gasteiger partial charge >= 0.3 is 0 Å². The third kappa shape index (κ3) is 2.32. The van der Waals surface area contributed by atoms with Crippen molar-refractivity contribution in [2.24, 2.45) is 0 Å². The Morgan fingerprint density at radius 3 is 2.48 bits per heavy atom. The summed E-state index contributed by atoms with van der Waals surface area (Å²) < 4.78 is 0.907. The van der Waals surface area contributed by atoms with E-state index in [0.29, 0.717) is 11.3 Å². The molecule has 21 heavy (non-hydrogen) atoms. The van der Waals surface area contributed by atoms with Crippen LogP contribution in [0, 0.1) is 0 Å². The molecule has 0 spiro atoms. The molecule has 0 saturated carbocycles. The van der Waals surface area contributed by atoms with Crippen molar-refractivity contribution in [2.75, 3.05) is 4.90 Å². The number of para-hydroxylation sites is 1. The van der Waals surface area contributed by atoms with E-state index in [2.05, 4.69) is 15.9 Å². The van der Waals surface area contributed by atoms with Gasteiger partial charge in [-0.2, -0.15) is 0 Å². The standard InChI is InChI=1S/C17H12BrNO2/c1-11(20)19-16-9-5-3-7-13(16)14(17(19)21)10-12-6-2-4-8-15(12)18/h2-10H,1H3/b14-10+. The van der Waals surface area contributed by atoms with Crippen LogP contribution in [0.15, 0.2) is 53.0 Å². The van der Waals surface area contributed by atoms with Crippen molar-refractivity contribution in [2.45, 2.75) is 6.92 Å². The summed E-state index contributed by atoms with van der Waals surface area (Å²) in [6, 6.07) is 15.0. The Morgan fingerprint density at radius 2 is 1.76 bits per heavy atom. The number of nitrogens with zero attached hydrogens (tertiary/aromatic N) is 1. The number of carbonyl (C=O) groups excluding carboxylic acids is 2. The quantitative estimate of drug-likeness (QED) is 0.738. The molecule has 0 bridgehead atoms. The van der Waals surface area contributed by atoms with E-state index in [1.165, 1.54) is 11.8 Å². The first-order valence-corrected chi connectivity index (χ1v) is 7.29. The number of rotatable bonds is 1. The highest BCUT2D eigenvalue weighted by molar-refractivity contribution is 9.10. The molecule has 0 N–H and O–H groups in total. The molecule has 0 unspecified atom stereocenters. The first-order valence-electron chi connectivity index (χ1n) is 6.50. The van der Waals surface area contributed by atoms with Crippen molar-refractivity contribution in [1.82, 2.24) is 0 Å². The van der Waals surface area contributed by atoms with Gasteiger partial charge in [0.15, 0.2) is 0 Å². The fraction of sp³-hybridized carbons (Fsp3) is 0.0588. The second-order valence-electron chi connectivity index (χ2n) is 4.76. The van der Waals surface area contributed by atoms with Gasteiger partial charge in [-0.1, -0.05) is 52.3 Å². The van der Waals surface area contributed by atoms with Gasteiger partial charge in [-0.25, -0.2) is 4.90 Å². The molecule has 2 amide bonds. The number of hydrogen-bond acceptors (Lipinski definition) is 2. The minimum Gasteiger partial charge on any atom is -0.274 e. The van der Waals surface area contributed by atoms with Crippen LogP contribution in [0.2, 0.25) is 0 Å². The normalized spacial score (nSPS) is 15.4. The van der Waals surface area contributed by atoms with Gasteiger partial charge in [-0.15, -0.1) is 0 Å². The van der Waals surface area contributed by atoms with E-state index < -0.39 is 0 Å². The average molecular weight is 342 g/mol. The molecule has 0 aliphatic carbocycles. The van der Waals surface area contributed by atoms with Crippen molar-refractivity contribution < 1.29 is 9.59 Å². The first-order chi connectivity index (χ1) is 10.1. The summed E-state index contributed by atoms with van der Waals surface area (Å²) in [7, 11) is 0. The van der Waals surface area contributed by atoms with Crippen molar-refractivity contribution in [3.05, 3.63) is 64.1 Å². The molecule has 2 aromatic carbocycles. The Morgan fingerprint density at radius 1 is 1.10 bits per heavy atom. The van der Waals surface area contributed by atoms with Gasteiger partial charge in [0.1, 0.15) is 0 Å². The fourth-order valence-electron chi connectivity index (χ4n) is 2.44. The lowest BCUT2D eigenvalue weighted by molar-refractivity contribution is -0.122. The van der Waals surface area contributed by atoms with E-state index in [-0.39, 0.29) is 11.8 Å². The second kappa shape index (κ2) is 5.30. The summed E-state index contributed by atoms with van der Waals surface area (Å²) >= 11 is 3.47. The van der Waals surface area contributed by atoms with Gasteiger partial charge in [0.25, 0.3) is 5.91 Å². The van der Waals surface area contributed by atoms with Crippen LogP contribution in [0.4, 0.5) is 5.69 Å². The Bertz CT molecular complexity index is 780. The third-order valence-electron chi connectivity index (χ3n) is 3.39. The summed E-state index contributed by atoms with van der Waals surface area (Å²) in [6.45, 7) is 1.40. The predicted octanol–water partition coefficient (Wildman–Crippen LogP) is 3.88. The molecule has 104 valence electrons. The van der Waals surface area contributed by atoms with Gasteiger partial charge < -0.3 is 0 Å². The SMILES string of the molecule is CC(=O)N1C(=O)/C(=C/c2ccccc2Br)c2ccccc21. The van der Waals surface area contributed by atoms with Crippen LogP contribution >= 0.6 is 15.9 Å². The van der Waals surface area contributed by atoms with E-state index in [1.54, 1.807) is 6.07 Å². The van der Waals surface area contributed by atoms with Crippen LogP contribution in [0.5, 0.6) is 0 Å². The largest absolute Gasteiger partial charge is 0.274 e. The number of amides is 2. The lowest BCUT2D eigenvalue weighted by Crippen LogP contribution is -2.31. The van der Waals surface area contributed by atoms with E-state index in [9.17, 15) is 9.59 Å². The lowest BCUT2D eigenvalue weighted by Gasteiger charge is -2.11. The Labute approximate surface area is 131 Å². The highest BCUT2D eigenvalue weighted by Gasteiger charge is 2.34. The first kappa shape index (κ1) is 13.8. The van der Waals surface area contributed by atoms with Gasteiger partial charge in [-0.05, 0) is 23.8 Å². The molecule has 4 heteroatoms. The van der Waals surface area contributed by atoms with Gasteiger partial charge in [0, 0.05) is 17.0 Å². The molecule has 1 aliphatic heterocycles. The minimum absolute atomic E-state index is 0.275. The van der Waals surface area contributed by atoms with E-state index in [1.807, 2.05) is 48.5 Å². The van der Waals surface area contributed by atoms with Crippen molar-refractivity contribution in [3.8, 4) is 0 Å². The van der Waals surface area contributed by atoms with Gasteiger partial charge in [0.05, 0.1) is 11.3 Å². The Balaban J connectivity index is 2.18. The average Bonchev–Trinajstić information content (AvgIpc) is 2.74. The van der Waals surface area contributed by atoms with Gasteiger partial charge in [0.2, 0.25) is 5.91 Å². The molecule has 0 radical (unpaired) electrons. The van der Waals surface area contributed by atoms with Crippen LogP contribution < -0.4 is 4.90 Å². The summed E-state index contributed by atoms with van der Waals surface area (Å²) in [5, 5.41) is 0. The molecule has 3 nitrogen and oxygen atoms in total. The van der Waals surface area contributed by atoms with Crippen LogP contribution in [0.3, 0.4) is 0 Å². The molecule has 0 fully saturated rings. The number of anilines is 1. The zero-order valence-corrected chi connectivity index (χ0v) is 12.9. The molecule has 0 aromatic heterocycles. The smallest absolute Gasteiger partial charge is 0.265 e. The second-order valence-corrected chi connectivity index (χ2v) is 5.61. The topological polar surface area (TPSA) is 37.4 Å². The van der Waals surface area contributed by atoms with Crippen LogP contribution in [0.1, 0.15) is 18.1 Å². The summed E-state index contributed by atoms with van der Waals surface area (Å²) in [4.78, 5) is 25.5. The number of imide groups is 1. The Hall–Kier alpha value is -2.20.